The molecule has 0 bridgehead atoms. The summed E-state index contributed by atoms with van der Waals surface area (Å²) >= 11 is 0. The zero-order valence-corrected chi connectivity index (χ0v) is 10.1. The monoisotopic (exact) mass is 220 g/mol. The van der Waals surface area contributed by atoms with Crippen LogP contribution < -0.4 is 10.6 Å². The minimum Gasteiger partial charge on any atom is -0.354 e. The summed E-state index contributed by atoms with van der Waals surface area (Å²) < 4.78 is 0. The molecule has 1 aromatic rings. The van der Waals surface area contributed by atoms with Gasteiger partial charge in [-0.15, -0.1) is 0 Å². The highest BCUT2D eigenvalue weighted by molar-refractivity contribution is 5.24. The van der Waals surface area contributed by atoms with Crippen LogP contribution >= 0.6 is 0 Å². The van der Waals surface area contributed by atoms with Gasteiger partial charge in [0.15, 0.2) is 0 Å². The number of nitrogens with one attached hydrogen (secondary N) is 2. The minimum atomic E-state index is 0.375. The van der Waals surface area contributed by atoms with Crippen molar-refractivity contribution in [1.29, 1.82) is 0 Å². The van der Waals surface area contributed by atoms with Gasteiger partial charge in [-0.05, 0) is 43.8 Å². The first-order valence-corrected chi connectivity index (χ1v) is 5.91. The van der Waals surface area contributed by atoms with Gasteiger partial charge in [0.25, 0.3) is 0 Å². The summed E-state index contributed by atoms with van der Waals surface area (Å²) in [6.45, 7) is 7.52. The zero-order chi connectivity index (χ0) is 11.4. The molecule has 88 valence electrons. The van der Waals surface area contributed by atoms with Gasteiger partial charge >= 0.3 is 0 Å². The van der Waals surface area contributed by atoms with Gasteiger partial charge in [-0.25, -0.2) is 9.97 Å². The first kappa shape index (κ1) is 11.3. The lowest BCUT2D eigenvalue weighted by Gasteiger charge is -2.34. The van der Waals surface area contributed by atoms with Gasteiger partial charge < -0.3 is 10.6 Å². The van der Waals surface area contributed by atoms with Gasteiger partial charge in [0, 0.05) is 18.9 Å². The first-order chi connectivity index (χ1) is 7.68. The fraction of sp³-hybridized carbons (Fsp3) is 0.667. The maximum atomic E-state index is 4.26. The molecule has 1 saturated heterocycles. The zero-order valence-electron chi connectivity index (χ0n) is 10.1. The summed E-state index contributed by atoms with van der Waals surface area (Å²) in [5.74, 6) is 0.741. The highest BCUT2D eigenvalue weighted by Gasteiger charge is 2.26. The summed E-state index contributed by atoms with van der Waals surface area (Å²) in [5, 5.41) is 6.72. The van der Waals surface area contributed by atoms with Crippen molar-refractivity contribution in [2.75, 3.05) is 25.0 Å². The minimum absolute atomic E-state index is 0.375. The van der Waals surface area contributed by atoms with Gasteiger partial charge in [0.05, 0.1) is 0 Å². The van der Waals surface area contributed by atoms with Crippen molar-refractivity contribution in [2.45, 2.75) is 26.7 Å². The number of nitrogens with zero attached hydrogens (tertiary/aromatic N) is 2. The third kappa shape index (κ3) is 2.92. The average molecular weight is 220 g/mol. The van der Waals surface area contributed by atoms with E-state index in [1.165, 1.54) is 12.8 Å². The summed E-state index contributed by atoms with van der Waals surface area (Å²) in [4.78, 5) is 8.51. The molecule has 4 nitrogen and oxygen atoms in total. The smallest absolute Gasteiger partial charge is 0.222 e. The van der Waals surface area contributed by atoms with Crippen LogP contribution in [0.4, 0.5) is 5.95 Å². The van der Waals surface area contributed by atoms with Crippen LogP contribution in [0.15, 0.2) is 12.4 Å². The van der Waals surface area contributed by atoms with Crippen LogP contribution in [0.3, 0.4) is 0 Å². The highest BCUT2D eigenvalue weighted by Crippen LogP contribution is 2.27. The molecule has 4 heteroatoms. The van der Waals surface area contributed by atoms with Crippen LogP contribution in [0.25, 0.3) is 0 Å². The van der Waals surface area contributed by atoms with Crippen molar-refractivity contribution in [3.05, 3.63) is 18.0 Å². The second-order valence-corrected chi connectivity index (χ2v) is 5.00. The highest BCUT2D eigenvalue weighted by atomic mass is 15.1. The van der Waals surface area contributed by atoms with Crippen molar-refractivity contribution >= 4 is 5.95 Å². The predicted octanol–water partition coefficient (Wildman–Crippen LogP) is 1.59. The van der Waals surface area contributed by atoms with Crippen molar-refractivity contribution in [2.24, 2.45) is 5.41 Å². The lowest BCUT2D eigenvalue weighted by Crippen LogP contribution is -2.39. The van der Waals surface area contributed by atoms with E-state index in [9.17, 15) is 0 Å². The predicted molar refractivity (Wildman–Crippen MR) is 65.5 cm³/mol. The lowest BCUT2D eigenvalue weighted by molar-refractivity contribution is 0.247. The number of piperidine rings is 1. The molecule has 0 radical (unpaired) electrons. The molecule has 2 rings (SSSR count). The summed E-state index contributed by atoms with van der Waals surface area (Å²) in [6.07, 6.45) is 6.12. The summed E-state index contributed by atoms with van der Waals surface area (Å²) in [5.41, 5.74) is 1.47. The normalized spacial score (nSPS) is 19.4. The molecular formula is C12H20N4. The molecule has 0 atom stereocenters. The molecule has 16 heavy (non-hydrogen) atoms. The van der Waals surface area contributed by atoms with Crippen molar-refractivity contribution in [3.63, 3.8) is 0 Å². The second-order valence-electron chi connectivity index (χ2n) is 5.00. The Balaban J connectivity index is 1.88. The molecule has 0 aliphatic carbocycles. The Labute approximate surface area is 96.9 Å². The Kier molecular flexibility index (Phi) is 3.39. The molecule has 0 spiro atoms. The van der Waals surface area contributed by atoms with E-state index in [0.29, 0.717) is 5.41 Å². The number of anilines is 1. The van der Waals surface area contributed by atoms with Crippen LogP contribution in [0.5, 0.6) is 0 Å². The Morgan fingerprint density at radius 3 is 2.56 bits per heavy atom. The number of hydrogen-bond acceptors (Lipinski definition) is 4. The Morgan fingerprint density at radius 1 is 1.31 bits per heavy atom. The molecule has 1 aromatic heterocycles. The van der Waals surface area contributed by atoms with Crippen LogP contribution in [0.1, 0.15) is 25.3 Å². The number of hydrogen-bond donors (Lipinski definition) is 2. The Bertz CT molecular complexity index is 327. The van der Waals surface area contributed by atoms with Crippen LogP contribution in [0.2, 0.25) is 0 Å². The molecule has 1 aliphatic heterocycles. The van der Waals surface area contributed by atoms with E-state index in [-0.39, 0.29) is 0 Å². The van der Waals surface area contributed by atoms with E-state index >= 15 is 0 Å². The van der Waals surface area contributed by atoms with Gasteiger partial charge in [-0.1, -0.05) is 6.92 Å². The molecule has 0 saturated carbocycles. The molecule has 0 unspecified atom stereocenters. The van der Waals surface area contributed by atoms with Crippen molar-refractivity contribution in [3.8, 4) is 0 Å². The van der Waals surface area contributed by atoms with Crippen molar-refractivity contribution < 1.29 is 0 Å². The van der Waals surface area contributed by atoms with Gasteiger partial charge in [0.2, 0.25) is 5.95 Å². The summed E-state index contributed by atoms with van der Waals surface area (Å²) in [6, 6.07) is 0. The van der Waals surface area contributed by atoms with Crippen LogP contribution in [-0.4, -0.2) is 29.6 Å². The van der Waals surface area contributed by atoms with Crippen LogP contribution in [-0.2, 0) is 0 Å². The number of aromatic nitrogens is 2. The second kappa shape index (κ2) is 4.78. The van der Waals surface area contributed by atoms with Crippen molar-refractivity contribution in [1.82, 2.24) is 15.3 Å². The maximum Gasteiger partial charge on any atom is 0.222 e. The SMILES string of the molecule is Cc1cnc(NCC2(C)CCNCC2)nc1. The largest absolute Gasteiger partial charge is 0.354 e. The molecular weight excluding hydrogens is 200 g/mol. The molecule has 0 aromatic carbocycles. The third-order valence-electron chi connectivity index (χ3n) is 3.26. The number of rotatable bonds is 3. The van der Waals surface area contributed by atoms with Gasteiger partial charge in [-0.2, -0.15) is 0 Å². The van der Waals surface area contributed by atoms with E-state index in [2.05, 4.69) is 27.5 Å². The fourth-order valence-corrected chi connectivity index (χ4v) is 1.98. The van der Waals surface area contributed by atoms with E-state index in [0.717, 1.165) is 31.1 Å². The molecule has 2 heterocycles. The quantitative estimate of drug-likeness (QED) is 0.812. The lowest BCUT2D eigenvalue weighted by atomic mass is 9.81. The standard InChI is InChI=1S/C12H20N4/c1-10-7-14-11(15-8-10)16-9-12(2)3-5-13-6-4-12/h7-8,13H,3-6,9H2,1-2H3,(H,14,15,16). The van der Waals surface area contributed by atoms with Crippen LogP contribution in [0, 0.1) is 12.3 Å². The first-order valence-electron chi connectivity index (χ1n) is 5.91. The Morgan fingerprint density at radius 2 is 1.94 bits per heavy atom. The molecule has 1 fully saturated rings. The van der Waals surface area contributed by atoms with Gasteiger partial charge in [0.1, 0.15) is 0 Å². The fourth-order valence-electron chi connectivity index (χ4n) is 1.98. The Hall–Kier alpha value is -1.16. The third-order valence-corrected chi connectivity index (χ3v) is 3.26. The number of aryl methyl sites for hydroxylation is 1. The van der Waals surface area contributed by atoms with Gasteiger partial charge in [-0.3, -0.25) is 0 Å². The topological polar surface area (TPSA) is 49.8 Å². The van der Waals surface area contributed by atoms with E-state index < -0.39 is 0 Å². The maximum absolute atomic E-state index is 4.26. The van der Waals surface area contributed by atoms with E-state index in [1.807, 2.05) is 19.3 Å². The molecule has 2 N–H and O–H groups in total. The summed E-state index contributed by atoms with van der Waals surface area (Å²) in [7, 11) is 0. The van der Waals surface area contributed by atoms with E-state index in [4.69, 9.17) is 0 Å². The molecule has 1 aliphatic rings. The average Bonchev–Trinajstić information content (AvgIpc) is 2.29. The molecule has 0 amide bonds. The van der Waals surface area contributed by atoms with E-state index in [1.54, 1.807) is 0 Å².